The zero-order valence-corrected chi connectivity index (χ0v) is 24.6. The van der Waals surface area contributed by atoms with E-state index in [1.807, 2.05) is 68.5 Å². The normalized spacial score (nSPS) is 27.8. The molecule has 0 aromatic heterocycles. The van der Waals surface area contributed by atoms with Crippen molar-refractivity contribution in [3.8, 4) is 0 Å². The van der Waals surface area contributed by atoms with Gasteiger partial charge in [0, 0.05) is 11.6 Å². The first-order valence-electron chi connectivity index (χ1n) is 13.5. The van der Waals surface area contributed by atoms with Gasteiger partial charge in [0.05, 0.1) is 25.3 Å². The molecule has 204 valence electrons. The summed E-state index contributed by atoms with van der Waals surface area (Å²) in [7, 11) is -1.05. The summed E-state index contributed by atoms with van der Waals surface area (Å²) < 4.78 is 10.9. The van der Waals surface area contributed by atoms with Gasteiger partial charge in [0.25, 0.3) is 0 Å². The van der Waals surface area contributed by atoms with Gasteiger partial charge in [0.1, 0.15) is 8.07 Å². The van der Waals surface area contributed by atoms with E-state index in [2.05, 4.69) is 32.2 Å². The molecule has 2 heterocycles. The Kier molecular flexibility index (Phi) is 6.49. The Balaban J connectivity index is 1.71. The van der Waals surface area contributed by atoms with Gasteiger partial charge in [-0.25, -0.2) is 4.79 Å². The lowest BCUT2D eigenvalue weighted by Crippen LogP contribution is -2.61. The van der Waals surface area contributed by atoms with E-state index in [9.17, 15) is 14.4 Å². The van der Waals surface area contributed by atoms with Gasteiger partial charge in [-0.3, -0.25) is 9.59 Å². The number of cyclic esters (lactones) is 1. The molecule has 2 aromatic rings. The summed E-state index contributed by atoms with van der Waals surface area (Å²) in [5.74, 6) is -1.30. The molecule has 6 nitrogen and oxygen atoms in total. The molecule has 5 rings (SSSR count). The van der Waals surface area contributed by atoms with Gasteiger partial charge >= 0.3 is 11.9 Å². The van der Waals surface area contributed by atoms with Crippen LogP contribution in [0.4, 0.5) is 0 Å². The number of fused-ring (bicyclic) bond motifs is 2. The van der Waals surface area contributed by atoms with Crippen molar-refractivity contribution in [3.05, 3.63) is 89.3 Å². The molecule has 3 atom stereocenters. The van der Waals surface area contributed by atoms with E-state index in [0.29, 0.717) is 25.0 Å². The molecule has 2 bridgehead atoms. The highest BCUT2D eigenvalue weighted by atomic mass is 28.3. The number of hydrogen-bond acceptors (Lipinski definition) is 5. The van der Waals surface area contributed by atoms with Crippen LogP contribution in [0, 0.1) is 16.2 Å². The second-order valence-electron chi connectivity index (χ2n) is 12.3. The molecule has 0 spiro atoms. The number of carbonyl (C=O) groups is 3. The lowest BCUT2D eigenvalue weighted by molar-refractivity contribution is -0.192. The third-order valence-electron chi connectivity index (χ3n) is 10.00. The van der Waals surface area contributed by atoms with E-state index in [4.69, 9.17) is 9.47 Å². The molecule has 7 heteroatoms. The van der Waals surface area contributed by atoms with Crippen molar-refractivity contribution in [2.24, 2.45) is 16.2 Å². The molecule has 2 aliphatic heterocycles. The lowest BCUT2D eigenvalue weighted by atomic mass is 9.57. The fraction of sp³-hybridized carbons (Fsp3) is 0.406. The van der Waals surface area contributed by atoms with Crippen molar-refractivity contribution in [1.82, 2.24) is 4.90 Å². The SMILES string of the molecule is COC(=O)C1=CN(C(=O)[C@@]23CC[C@@](C)(COC2=O)C3(C)C)[C@H](c2ccccc2)C=C1[Si](C)(C)c1ccccc1. The predicted octanol–water partition coefficient (Wildman–Crippen LogP) is 5.08. The van der Waals surface area contributed by atoms with Gasteiger partial charge in [-0.1, -0.05) is 106 Å². The van der Waals surface area contributed by atoms with Crippen molar-refractivity contribution in [2.75, 3.05) is 13.7 Å². The highest BCUT2D eigenvalue weighted by Gasteiger charge is 2.72. The van der Waals surface area contributed by atoms with Crippen LogP contribution >= 0.6 is 0 Å². The topological polar surface area (TPSA) is 72.9 Å². The number of ether oxygens (including phenoxy) is 2. The minimum Gasteiger partial charge on any atom is -0.465 e. The fourth-order valence-corrected chi connectivity index (χ4v) is 9.53. The summed E-state index contributed by atoms with van der Waals surface area (Å²) in [6, 6.07) is 19.5. The highest BCUT2D eigenvalue weighted by Crippen LogP contribution is 2.66. The van der Waals surface area contributed by atoms with Crippen LogP contribution in [0.3, 0.4) is 0 Å². The van der Waals surface area contributed by atoms with Crippen LogP contribution in [0.5, 0.6) is 0 Å². The summed E-state index contributed by atoms with van der Waals surface area (Å²) in [4.78, 5) is 43.2. The van der Waals surface area contributed by atoms with Crippen molar-refractivity contribution in [2.45, 2.75) is 52.7 Å². The molecule has 0 N–H and O–H groups in total. The third kappa shape index (κ3) is 3.85. The number of carbonyl (C=O) groups excluding carboxylic acids is 3. The number of esters is 2. The van der Waals surface area contributed by atoms with Crippen molar-refractivity contribution in [3.63, 3.8) is 0 Å². The molecule has 1 saturated heterocycles. The van der Waals surface area contributed by atoms with Crippen LogP contribution in [0.1, 0.15) is 45.2 Å². The largest absolute Gasteiger partial charge is 0.465 e. The molecule has 2 fully saturated rings. The van der Waals surface area contributed by atoms with Gasteiger partial charge in [0.15, 0.2) is 5.41 Å². The maximum Gasteiger partial charge on any atom is 0.339 e. The van der Waals surface area contributed by atoms with Gasteiger partial charge in [-0.05, 0) is 29.0 Å². The van der Waals surface area contributed by atoms with E-state index in [0.717, 1.165) is 10.8 Å². The first-order chi connectivity index (χ1) is 18.4. The first-order valence-corrected chi connectivity index (χ1v) is 16.5. The summed E-state index contributed by atoms with van der Waals surface area (Å²) in [5.41, 5.74) is -1.03. The Morgan fingerprint density at radius 2 is 1.59 bits per heavy atom. The molecule has 1 saturated carbocycles. The quantitative estimate of drug-likeness (QED) is 0.299. The molecule has 1 aliphatic carbocycles. The Hall–Kier alpha value is -3.45. The van der Waals surface area contributed by atoms with E-state index in [1.165, 1.54) is 12.3 Å². The van der Waals surface area contributed by atoms with Gasteiger partial charge in [-0.15, -0.1) is 0 Å². The predicted molar refractivity (Wildman–Crippen MR) is 152 cm³/mol. The number of methoxy groups -OCH3 is 1. The zero-order valence-electron chi connectivity index (χ0n) is 23.6. The highest BCUT2D eigenvalue weighted by molar-refractivity contribution is 6.96. The zero-order chi connectivity index (χ0) is 28.2. The summed E-state index contributed by atoms with van der Waals surface area (Å²) >= 11 is 0. The Morgan fingerprint density at radius 3 is 2.21 bits per heavy atom. The molecule has 3 aliphatic rings. The van der Waals surface area contributed by atoms with E-state index in [-0.39, 0.29) is 11.3 Å². The van der Waals surface area contributed by atoms with Crippen LogP contribution in [0.15, 0.2) is 83.7 Å². The Morgan fingerprint density at radius 1 is 0.974 bits per heavy atom. The molecule has 0 radical (unpaired) electrons. The Labute approximate surface area is 231 Å². The smallest absolute Gasteiger partial charge is 0.339 e. The van der Waals surface area contributed by atoms with Crippen LogP contribution < -0.4 is 5.19 Å². The monoisotopic (exact) mass is 543 g/mol. The minimum atomic E-state index is -2.41. The number of nitrogens with zero attached hydrogens (tertiary/aromatic N) is 1. The molecule has 1 amide bonds. The molecular formula is C32H37NO5Si. The average molecular weight is 544 g/mol. The summed E-state index contributed by atoms with van der Waals surface area (Å²) in [6.45, 7) is 10.8. The van der Waals surface area contributed by atoms with E-state index < -0.39 is 36.9 Å². The second kappa shape index (κ2) is 9.33. The lowest BCUT2D eigenvalue weighted by Gasteiger charge is -2.51. The van der Waals surface area contributed by atoms with Crippen LogP contribution in [-0.4, -0.2) is 44.5 Å². The van der Waals surface area contributed by atoms with Crippen molar-refractivity contribution in [1.29, 1.82) is 0 Å². The molecule has 39 heavy (non-hydrogen) atoms. The first kappa shape index (κ1) is 27.1. The Bertz CT molecular complexity index is 1380. The molecular weight excluding hydrogens is 506 g/mol. The average Bonchev–Trinajstić information content (AvgIpc) is 3.05. The van der Waals surface area contributed by atoms with Crippen molar-refractivity contribution < 1.29 is 23.9 Å². The minimum absolute atomic E-state index is 0.306. The number of rotatable bonds is 5. The van der Waals surface area contributed by atoms with Gasteiger partial charge in [-0.2, -0.15) is 0 Å². The number of amides is 1. The van der Waals surface area contributed by atoms with Crippen molar-refractivity contribution >= 4 is 31.1 Å². The van der Waals surface area contributed by atoms with E-state index in [1.54, 1.807) is 11.1 Å². The fourth-order valence-electron chi connectivity index (χ4n) is 6.78. The van der Waals surface area contributed by atoms with E-state index >= 15 is 0 Å². The molecule has 2 aromatic carbocycles. The summed E-state index contributed by atoms with van der Waals surface area (Å²) in [5, 5.41) is 2.07. The number of hydrogen-bond donors (Lipinski definition) is 0. The third-order valence-corrected chi connectivity index (χ3v) is 13.6. The maximum atomic E-state index is 14.8. The van der Waals surface area contributed by atoms with Gasteiger partial charge in [0.2, 0.25) is 5.91 Å². The molecule has 0 unspecified atom stereocenters. The van der Waals surface area contributed by atoms with Gasteiger partial charge < -0.3 is 14.4 Å². The van der Waals surface area contributed by atoms with Crippen LogP contribution in [0.2, 0.25) is 13.1 Å². The number of benzene rings is 2. The second-order valence-corrected chi connectivity index (χ2v) is 16.7. The maximum absolute atomic E-state index is 14.8. The summed E-state index contributed by atoms with van der Waals surface area (Å²) in [6.07, 6.45) is 4.81. The van der Waals surface area contributed by atoms with Crippen LogP contribution in [0.25, 0.3) is 0 Å². The van der Waals surface area contributed by atoms with Crippen LogP contribution in [-0.2, 0) is 23.9 Å². The standard InChI is InChI=1S/C32H37NO5Si/c1-30(2)31(3)17-18-32(30,29(36)38-21-31)28(35)33-20-24(27(34)37-4)26(19-25(33)22-13-9-7-10-14-22)39(5,6)23-15-11-8-12-16-23/h7-16,19-20,25H,17-18,21H2,1-6H3/t25-,31-,32-/m0/s1.